The molecule has 1 aromatic carbocycles. The van der Waals surface area contributed by atoms with E-state index >= 15 is 0 Å². The second-order valence-corrected chi connectivity index (χ2v) is 7.11. The monoisotopic (exact) mass is 331 g/mol. The first-order valence-corrected chi connectivity index (χ1v) is 8.87. The van der Waals surface area contributed by atoms with Gasteiger partial charge in [0.25, 0.3) is 0 Å². The molecule has 0 saturated heterocycles. The fraction of sp³-hybridized carbons (Fsp3) is 0.294. The summed E-state index contributed by atoms with van der Waals surface area (Å²) in [5.41, 5.74) is 2.49. The number of hydrogen-bond donors (Lipinski definition) is 1. The van der Waals surface area contributed by atoms with E-state index in [1.807, 2.05) is 19.1 Å². The Morgan fingerprint density at radius 3 is 2.48 bits per heavy atom. The van der Waals surface area contributed by atoms with Crippen LogP contribution in [0.3, 0.4) is 0 Å². The van der Waals surface area contributed by atoms with Crippen LogP contribution in [0.1, 0.15) is 39.6 Å². The van der Waals surface area contributed by atoms with Gasteiger partial charge in [0.1, 0.15) is 5.69 Å². The lowest BCUT2D eigenvalue weighted by Gasteiger charge is -2.08. The van der Waals surface area contributed by atoms with Crippen molar-refractivity contribution in [1.82, 2.24) is 4.57 Å². The lowest BCUT2D eigenvalue weighted by molar-refractivity contribution is -0.138. The molecule has 0 saturated carbocycles. The fourth-order valence-electron chi connectivity index (χ4n) is 3.02. The summed E-state index contributed by atoms with van der Waals surface area (Å²) < 4.78 is 13.8. The molecule has 0 amide bonds. The molecule has 1 aliphatic heterocycles. The van der Waals surface area contributed by atoms with Gasteiger partial charge in [-0.3, -0.25) is 13.8 Å². The maximum atomic E-state index is 12.9. The van der Waals surface area contributed by atoms with Crippen LogP contribution >= 0.6 is 0 Å². The number of rotatable bonds is 4. The van der Waals surface area contributed by atoms with Gasteiger partial charge in [0.15, 0.2) is 0 Å². The van der Waals surface area contributed by atoms with Gasteiger partial charge in [-0.05, 0) is 19.4 Å². The Balaban J connectivity index is 2.13. The van der Waals surface area contributed by atoms with E-state index < -0.39 is 22.7 Å². The minimum Gasteiger partial charge on any atom is -0.481 e. The molecule has 1 aliphatic rings. The minimum absolute atomic E-state index is 0.215. The third-order valence-corrected chi connectivity index (χ3v) is 5.16. The van der Waals surface area contributed by atoms with Gasteiger partial charge in [-0.15, -0.1) is 0 Å². The number of hydrogen-bond acceptors (Lipinski definition) is 3. The number of nitrogens with zero attached hydrogens (tertiary/aromatic N) is 1. The van der Waals surface area contributed by atoms with Crippen LogP contribution in [0.4, 0.5) is 0 Å². The zero-order valence-electron chi connectivity index (χ0n) is 12.9. The lowest BCUT2D eigenvalue weighted by Crippen LogP contribution is -2.12. The standard InChI is InChI=1S/C17H17NO4S/c1-10-3-5-11(6-4-10)16(19)15-14(23(2)22)9-13-12(17(20)21)7-8-18(13)15/h3-6,9,12H,7-8H2,1-2H3,(H,20,21). The number of aromatic nitrogens is 1. The number of fused-ring (bicyclic) bond motifs is 1. The third kappa shape index (κ3) is 2.63. The van der Waals surface area contributed by atoms with E-state index in [1.54, 1.807) is 22.8 Å². The summed E-state index contributed by atoms with van der Waals surface area (Å²) in [5, 5.41) is 9.31. The number of carbonyl (C=O) groups excluding carboxylic acids is 1. The van der Waals surface area contributed by atoms with Crippen molar-refractivity contribution in [3.63, 3.8) is 0 Å². The summed E-state index contributed by atoms with van der Waals surface area (Å²) in [6.07, 6.45) is 1.96. The van der Waals surface area contributed by atoms with Crippen molar-refractivity contribution in [3.8, 4) is 0 Å². The normalized spacial score (nSPS) is 17.7. The van der Waals surface area contributed by atoms with Gasteiger partial charge in [0, 0.05) is 24.1 Å². The molecule has 0 radical (unpaired) electrons. The Morgan fingerprint density at radius 1 is 1.26 bits per heavy atom. The molecule has 1 N–H and O–H groups in total. The summed E-state index contributed by atoms with van der Waals surface area (Å²) in [6.45, 7) is 2.39. The van der Waals surface area contributed by atoms with Gasteiger partial charge >= 0.3 is 5.97 Å². The highest BCUT2D eigenvalue weighted by Crippen LogP contribution is 2.35. The van der Waals surface area contributed by atoms with Crippen LogP contribution in [0, 0.1) is 6.92 Å². The van der Waals surface area contributed by atoms with Gasteiger partial charge in [-0.2, -0.15) is 0 Å². The number of carbonyl (C=O) groups is 2. The van der Waals surface area contributed by atoms with Crippen molar-refractivity contribution >= 4 is 22.6 Å². The molecule has 1 aromatic heterocycles. The highest BCUT2D eigenvalue weighted by Gasteiger charge is 2.35. The first kappa shape index (κ1) is 15.7. The predicted molar refractivity (Wildman–Crippen MR) is 86.4 cm³/mol. The van der Waals surface area contributed by atoms with Crippen molar-refractivity contribution in [2.45, 2.75) is 30.7 Å². The van der Waals surface area contributed by atoms with Crippen molar-refractivity contribution < 1.29 is 18.9 Å². The molecule has 2 atom stereocenters. The van der Waals surface area contributed by atoms with Crippen LogP contribution in [-0.4, -0.2) is 31.9 Å². The molecule has 2 heterocycles. The number of carboxylic acids is 1. The van der Waals surface area contributed by atoms with E-state index in [4.69, 9.17) is 0 Å². The number of ketones is 1. The van der Waals surface area contributed by atoms with Crippen LogP contribution in [0.2, 0.25) is 0 Å². The lowest BCUT2D eigenvalue weighted by atomic mass is 10.0. The molecule has 120 valence electrons. The van der Waals surface area contributed by atoms with E-state index in [9.17, 15) is 18.9 Å². The van der Waals surface area contributed by atoms with Gasteiger partial charge in [0.05, 0.1) is 21.6 Å². The molecule has 23 heavy (non-hydrogen) atoms. The van der Waals surface area contributed by atoms with Gasteiger partial charge < -0.3 is 9.67 Å². The van der Waals surface area contributed by atoms with Crippen LogP contribution in [0.15, 0.2) is 35.2 Å². The van der Waals surface area contributed by atoms with Crippen molar-refractivity contribution in [1.29, 1.82) is 0 Å². The van der Waals surface area contributed by atoms with Crippen molar-refractivity contribution in [3.05, 3.63) is 52.8 Å². The summed E-state index contributed by atoms with van der Waals surface area (Å²) in [4.78, 5) is 24.6. The average molecular weight is 331 g/mol. The molecule has 0 bridgehead atoms. The van der Waals surface area contributed by atoms with E-state index in [-0.39, 0.29) is 5.78 Å². The van der Waals surface area contributed by atoms with Crippen LogP contribution in [0.5, 0.6) is 0 Å². The van der Waals surface area contributed by atoms with Gasteiger partial charge in [-0.25, -0.2) is 0 Å². The Labute approximate surface area is 136 Å². The molecule has 0 fully saturated rings. The first-order valence-electron chi connectivity index (χ1n) is 7.31. The van der Waals surface area contributed by atoms with Crippen molar-refractivity contribution in [2.24, 2.45) is 0 Å². The Bertz CT molecular complexity index is 820. The Morgan fingerprint density at radius 2 is 1.91 bits per heavy atom. The molecule has 3 rings (SSSR count). The summed E-state index contributed by atoms with van der Waals surface area (Å²) in [6, 6.07) is 8.80. The molecular weight excluding hydrogens is 314 g/mol. The second-order valence-electron chi connectivity index (χ2n) is 5.76. The Hall–Kier alpha value is -2.21. The molecular formula is C17H17NO4S. The highest BCUT2D eigenvalue weighted by molar-refractivity contribution is 7.84. The van der Waals surface area contributed by atoms with E-state index in [0.29, 0.717) is 34.8 Å². The maximum absolute atomic E-state index is 12.9. The zero-order valence-corrected chi connectivity index (χ0v) is 13.7. The number of benzene rings is 1. The largest absolute Gasteiger partial charge is 0.481 e. The van der Waals surface area contributed by atoms with E-state index in [0.717, 1.165) is 5.56 Å². The van der Waals surface area contributed by atoms with Crippen molar-refractivity contribution in [2.75, 3.05) is 6.26 Å². The van der Waals surface area contributed by atoms with Crippen LogP contribution in [-0.2, 0) is 22.1 Å². The summed E-state index contributed by atoms with van der Waals surface area (Å²) >= 11 is 0. The minimum atomic E-state index is -1.36. The molecule has 0 aliphatic carbocycles. The number of aryl methyl sites for hydroxylation is 1. The van der Waals surface area contributed by atoms with E-state index in [2.05, 4.69) is 0 Å². The number of aliphatic carboxylic acids is 1. The topological polar surface area (TPSA) is 76.4 Å². The van der Waals surface area contributed by atoms with Gasteiger partial charge in [0.2, 0.25) is 5.78 Å². The van der Waals surface area contributed by atoms with Crippen LogP contribution < -0.4 is 0 Å². The fourth-order valence-corrected chi connectivity index (χ4v) is 3.79. The summed E-state index contributed by atoms with van der Waals surface area (Å²) in [7, 11) is -1.36. The quantitative estimate of drug-likeness (QED) is 0.873. The molecule has 5 nitrogen and oxygen atoms in total. The highest BCUT2D eigenvalue weighted by atomic mass is 32.2. The summed E-state index contributed by atoms with van der Waals surface area (Å²) in [5.74, 6) is -1.77. The van der Waals surface area contributed by atoms with Crippen LogP contribution in [0.25, 0.3) is 0 Å². The maximum Gasteiger partial charge on any atom is 0.312 e. The van der Waals surface area contributed by atoms with Gasteiger partial charge in [-0.1, -0.05) is 29.8 Å². The molecule has 6 heteroatoms. The predicted octanol–water partition coefficient (Wildman–Crippen LogP) is 2.34. The Kier molecular flexibility index (Phi) is 3.93. The molecule has 2 unspecified atom stereocenters. The average Bonchev–Trinajstić information content (AvgIpc) is 3.05. The zero-order chi connectivity index (χ0) is 16.7. The number of carboxylic acid groups (broad SMARTS) is 1. The third-order valence-electron chi connectivity index (χ3n) is 4.23. The first-order chi connectivity index (χ1) is 10.9. The second kappa shape index (κ2) is 5.77. The smallest absolute Gasteiger partial charge is 0.312 e. The SMILES string of the molecule is Cc1ccc(C(=O)c2c(S(C)=O)cc3n2CCC3C(=O)O)cc1. The van der Waals surface area contributed by atoms with E-state index in [1.165, 1.54) is 6.26 Å². The molecule has 2 aromatic rings. The molecule has 0 spiro atoms.